The number of likely N-dealkylation sites (tertiary alicyclic amines) is 1. The van der Waals surface area contributed by atoms with E-state index in [1.807, 2.05) is 43.9 Å². The second-order valence-electron chi connectivity index (χ2n) is 7.21. The highest BCUT2D eigenvalue weighted by Gasteiger charge is 2.30. The van der Waals surface area contributed by atoms with Crippen LogP contribution in [0.3, 0.4) is 0 Å². The zero-order valence-corrected chi connectivity index (χ0v) is 14.7. The largest absolute Gasteiger partial charge is 0.444 e. The van der Waals surface area contributed by atoms with Gasteiger partial charge in [0.2, 0.25) is 0 Å². The maximum absolute atomic E-state index is 12.4. The lowest BCUT2D eigenvalue weighted by Crippen LogP contribution is -2.50. The maximum atomic E-state index is 12.4. The van der Waals surface area contributed by atoms with Gasteiger partial charge in [0.25, 0.3) is 0 Å². The molecule has 5 heteroatoms. The van der Waals surface area contributed by atoms with Gasteiger partial charge in [0.1, 0.15) is 5.60 Å². The first-order valence-corrected chi connectivity index (χ1v) is 8.51. The zero-order chi connectivity index (χ0) is 16.9. The van der Waals surface area contributed by atoms with E-state index in [0.29, 0.717) is 0 Å². The van der Waals surface area contributed by atoms with Crippen LogP contribution < -0.4 is 5.32 Å². The summed E-state index contributed by atoms with van der Waals surface area (Å²) in [5, 5.41) is 3.50. The minimum absolute atomic E-state index is 0.165. The lowest BCUT2D eigenvalue weighted by atomic mass is 10.0. The van der Waals surface area contributed by atoms with Crippen LogP contribution in [-0.2, 0) is 4.74 Å². The second-order valence-corrected chi connectivity index (χ2v) is 7.21. The van der Waals surface area contributed by atoms with Gasteiger partial charge in [-0.2, -0.15) is 0 Å². The van der Waals surface area contributed by atoms with Gasteiger partial charge in [0, 0.05) is 31.4 Å². The van der Waals surface area contributed by atoms with Crippen LogP contribution in [0.25, 0.3) is 0 Å². The fourth-order valence-electron chi connectivity index (χ4n) is 2.82. The molecule has 0 saturated carbocycles. The molecule has 0 aliphatic carbocycles. The second kappa shape index (κ2) is 7.77. The van der Waals surface area contributed by atoms with Crippen LogP contribution in [0.15, 0.2) is 24.4 Å². The zero-order valence-electron chi connectivity index (χ0n) is 14.7. The highest BCUT2D eigenvalue weighted by Crippen LogP contribution is 2.21. The molecular formula is C18H29N3O2. The smallest absolute Gasteiger partial charge is 0.410 e. The molecule has 1 aromatic rings. The van der Waals surface area contributed by atoms with E-state index in [1.54, 1.807) is 6.20 Å². The van der Waals surface area contributed by atoms with E-state index in [-0.39, 0.29) is 18.2 Å². The van der Waals surface area contributed by atoms with Gasteiger partial charge < -0.3 is 15.0 Å². The van der Waals surface area contributed by atoms with Crippen LogP contribution in [0.5, 0.6) is 0 Å². The van der Waals surface area contributed by atoms with Crippen molar-refractivity contribution in [3.63, 3.8) is 0 Å². The van der Waals surface area contributed by atoms with E-state index in [2.05, 4.69) is 17.2 Å². The predicted molar refractivity (Wildman–Crippen MR) is 91.2 cm³/mol. The lowest BCUT2D eigenvalue weighted by Gasteiger charge is -2.37. The standard InChI is InChI=1S/C18H29N3O2/c1-14(16-10-5-7-11-19-16)20-13-15-9-6-8-12-21(15)17(22)23-18(2,3)4/h5,7,10-11,14-15,20H,6,8-9,12-13H2,1-4H3/t14-,15-/m0/s1. The summed E-state index contributed by atoms with van der Waals surface area (Å²) in [6.45, 7) is 9.36. The van der Waals surface area contributed by atoms with Crippen molar-refractivity contribution >= 4 is 6.09 Å². The molecule has 23 heavy (non-hydrogen) atoms. The Bertz CT molecular complexity index is 499. The Morgan fingerprint density at radius 1 is 1.43 bits per heavy atom. The number of carbonyl (C=O) groups excluding carboxylic acids is 1. The minimum Gasteiger partial charge on any atom is -0.444 e. The molecule has 0 bridgehead atoms. The first kappa shape index (κ1) is 17.7. The molecule has 1 aromatic heterocycles. The number of piperidine rings is 1. The van der Waals surface area contributed by atoms with E-state index >= 15 is 0 Å². The molecule has 2 rings (SSSR count). The Morgan fingerprint density at radius 3 is 2.87 bits per heavy atom. The molecule has 0 spiro atoms. The highest BCUT2D eigenvalue weighted by molar-refractivity contribution is 5.68. The SMILES string of the molecule is C[C@H](NC[C@@H]1CCCCN1C(=O)OC(C)(C)C)c1ccccn1. The van der Waals surface area contributed by atoms with Crippen molar-refractivity contribution in [2.45, 2.75) is 64.6 Å². The summed E-state index contributed by atoms with van der Waals surface area (Å²) in [5.74, 6) is 0. The van der Waals surface area contributed by atoms with Crippen molar-refractivity contribution in [1.82, 2.24) is 15.2 Å². The lowest BCUT2D eigenvalue weighted by molar-refractivity contribution is 0.00969. The summed E-state index contributed by atoms with van der Waals surface area (Å²) < 4.78 is 5.55. The van der Waals surface area contributed by atoms with E-state index in [1.165, 1.54) is 0 Å². The van der Waals surface area contributed by atoms with Gasteiger partial charge in [-0.05, 0) is 59.1 Å². The maximum Gasteiger partial charge on any atom is 0.410 e. The molecule has 128 valence electrons. The predicted octanol–water partition coefficient (Wildman–Crippen LogP) is 3.52. The van der Waals surface area contributed by atoms with Crippen LogP contribution in [0.1, 0.15) is 58.7 Å². The molecule has 1 saturated heterocycles. The normalized spacial score (nSPS) is 20.2. The van der Waals surface area contributed by atoms with E-state index in [4.69, 9.17) is 4.74 Å². The Kier molecular flexibility index (Phi) is 5.99. The number of nitrogens with one attached hydrogen (secondary N) is 1. The third-order valence-corrected chi connectivity index (χ3v) is 4.05. The van der Waals surface area contributed by atoms with E-state index in [9.17, 15) is 4.79 Å². The number of carbonyl (C=O) groups is 1. The van der Waals surface area contributed by atoms with E-state index in [0.717, 1.165) is 38.0 Å². The van der Waals surface area contributed by atoms with Gasteiger partial charge in [-0.3, -0.25) is 4.98 Å². The number of pyridine rings is 1. The number of aromatic nitrogens is 1. The van der Waals surface area contributed by atoms with Crippen molar-refractivity contribution < 1.29 is 9.53 Å². The Balaban J connectivity index is 1.92. The van der Waals surface area contributed by atoms with Gasteiger partial charge in [-0.1, -0.05) is 6.07 Å². The Morgan fingerprint density at radius 2 is 2.22 bits per heavy atom. The number of rotatable bonds is 4. The first-order chi connectivity index (χ1) is 10.9. The van der Waals surface area contributed by atoms with Gasteiger partial charge in [0.05, 0.1) is 5.69 Å². The third-order valence-electron chi connectivity index (χ3n) is 4.05. The van der Waals surface area contributed by atoms with Crippen molar-refractivity contribution in [2.75, 3.05) is 13.1 Å². The summed E-state index contributed by atoms with van der Waals surface area (Å²) >= 11 is 0. The monoisotopic (exact) mass is 319 g/mol. The molecule has 1 N–H and O–H groups in total. The topological polar surface area (TPSA) is 54.5 Å². The summed E-state index contributed by atoms with van der Waals surface area (Å²) in [6, 6.07) is 6.28. The molecule has 0 aromatic carbocycles. The van der Waals surface area contributed by atoms with Crippen molar-refractivity contribution in [3.05, 3.63) is 30.1 Å². The molecule has 0 unspecified atom stereocenters. The molecule has 1 amide bonds. The Hall–Kier alpha value is -1.62. The van der Waals surface area contributed by atoms with Crippen LogP contribution in [-0.4, -0.2) is 40.7 Å². The summed E-state index contributed by atoms with van der Waals surface area (Å²) in [4.78, 5) is 18.7. The molecule has 1 fully saturated rings. The molecule has 2 atom stereocenters. The molecule has 0 radical (unpaired) electrons. The van der Waals surface area contributed by atoms with Crippen molar-refractivity contribution in [3.8, 4) is 0 Å². The fraction of sp³-hybridized carbons (Fsp3) is 0.667. The number of hydrogen-bond donors (Lipinski definition) is 1. The minimum atomic E-state index is -0.451. The number of hydrogen-bond acceptors (Lipinski definition) is 4. The van der Waals surface area contributed by atoms with E-state index < -0.39 is 5.60 Å². The first-order valence-electron chi connectivity index (χ1n) is 8.51. The molecule has 2 heterocycles. The Labute approximate surface area is 139 Å². The van der Waals surface area contributed by atoms with Gasteiger partial charge >= 0.3 is 6.09 Å². The molecular weight excluding hydrogens is 290 g/mol. The van der Waals surface area contributed by atoms with Crippen molar-refractivity contribution in [2.24, 2.45) is 0 Å². The number of amides is 1. The quantitative estimate of drug-likeness (QED) is 0.922. The average Bonchev–Trinajstić information content (AvgIpc) is 2.52. The van der Waals surface area contributed by atoms with Crippen LogP contribution >= 0.6 is 0 Å². The number of nitrogens with zero attached hydrogens (tertiary/aromatic N) is 2. The molecule has 1 aliphatic rings. The van der Waals surface area contributed by atoms with Crippen LogP contribution in [0.4, 0.5) is 4.79 Å². The van der Waals surface area contributed by atoms with Gasteiger partial charge in [-0.25, -0.2) is 4.79 Å². The number of ether oxygens (including phenoxy) is 1. The summed E-state index contributed by atoms with van der Waals surface area (Å²) in [5.41, 5.74) is 0.570. The molecule has 5 nitrogen and oxygen atoms in total. The summed E-state index contributed by atoms with van der Waals surface area (Å²) in [6.07, 6.45) is 4.83. The highest BCUT2D eigenvalue weighted by atomic mass is 16.6. The average molecular weight is 319 g/mol. The molecule has 1 aliphatic heterocycles. The van der Waals surface area contributed by atoms with Crippen LogP contribution in [0.2, 0.25) is 0 Å². The van der Waals surface area contributed by atoms with Crippen LogP contribution in [0, 0.1) is 0 Å². The third kappa shape index (κ3) is 5.50. The van der Waals surface area contributed by atoms with Gasteiger partial charge in [-0.15, -0.1) is 0 Å². The summed E-state index contributed by atoms with van der Waals surface area (Å²) in [7, 11) is 0. The fourth-order valence-corrected chi connectivity index (χ4v) is 2.82. The van der Waals surface area contributed by atoms with Gasteiger partial charge in [0.15, 0.2) is 0 Å². The van der Waals surface area contributed by atoms with Crippen molar-refractivity contribution in [1.29, 1.82) is 0 Å².